The summed E-state index contributed by atoms with van der Waals surface area (Å²) in [4.78, 5) is 29.7. The second-order valence-corrected chi connectivity index (χ2v) is 10.9. The van der Waals surface area contributed by atoms with Gasteiger partial charge in [-0.2, -0.15) is 10.4 Å². The summed E-state index contributed by atoms with van der Waals surface area (Å²) in [6, 6.07) is 12.5. The van der Waals surface area contributed by atoms with Crippen molar-refractivity contribution < 1.29 is 4.79 Å². The predicted octanol–water partition coefficient (Wildman–Crippen LogP) is 3.55. The fourth-order valence-corrected chi connectivity index (χ4v) is 5.95. The van der Waals surface area contributed by atoms with Gasteiger partial charge >= 0.3 is 0 Å². The fourth-order valence-electron chi connectivity index (χ4n) is 5.95. The van der Waals surface area contributed by atoms with Crippen LogP contribution in [0.2, 0.25) is 0 Å². The third-order valence-corrected chi connectivity index (χ3v) is 8.26. The van der Waals surface area contributed by atoms with Crippen LogP contribution >= 0.6 is 0 Å². The number of hydrogen-bond donors (Lipinski definition) is 2. The van der Waals surface area contributed by atoms with E-state index in [1.807, 2.05) is 47.4 Å². The third-order valence-electron chi connectivity index (χ3n) is 8.26. The van der Waals surface area contributed by atoms with Crippen LogP contribution in [0.3, 0.4) is 0 Å². The van der Waals surface area contributed by atoms with Gasteiger partial charge in [-0.15, -0.1) is 0 Å². The molecule has 0 radical (unpaired) electrons. The molecule has 2 fully saturated rings. The Kier molecular flexibility index (Phi) is 6.53. The molecule has 2 saturated heterocycles. The van der Waals surface area contributed by atoms with Crippen LogP contribution < -0.4 is 10.2 Å². The molecule has 1 amide bonds. The number of aromatic amines is 1. The molecule has 3 aromatic heterocycles. The Hall–Kier alpha value is -4.23. The van der Waals surface area contributed by atoms with Gasteiger partial charge in [0.15, 0.2) is 5.82 Å². The number of carbonyl (C=O) groups is 1. The Morgan fingerprint density at radius 3 is 2.82 bits per heavy atom. The van der Waals surface area contributed by atoms with Crippen LogP contribution in [-0.4, -0.2) is 74.3 Å². The highest BCUT2D eigenvalue weighted by Crippen LogP contribution is 2.36. The Morgan fingerprint density at radius 2 is 2.05 bits per heavy atom. The first-order chi connectivity index (χ1) is 19.0. The first kappa shape index (κ1) is 25.1. The average molecular weight is 524 g/mol. The molecule has 0 spiro atoms. The van der Waals surface area contributed by atoms with Crippen LogP contribution in [0.5, 0.6) is 0 Å². The van der Waals surface area contributed by atoms with E-state index < -0.39 is 5.54 Å². The third kappa shape index (κ3) is 4.74. The molecule has 2 atom stereocenters. The molecule has 2 N–H and O–H groups in total. The molecule has 0 aliphatic carbocycles. The molecule has 39 heavy (non-hydrogen) atoms. The SMILES string of the molecule is CC(NC(=O)c1ccc(N2CC(CC#N)(n3cc(-c4ncc5cc[nH]c5n4)cn3)C2)cc1)C1CCCCN1C. The summed E-state index contributed by atoms with van der Waals surface area (Å²) < 4.78 is 1.88. The van der Waals surface area contributed by atoms with Crippen molar-refractivity contribution in [3.63, 3.8) is 0 Å². The van der Waals surface area contributed by atoms with Crippen molar-refractivity contribution in [3.05, 3.63) is 60.7 Å². The molecule has 10 heteroatoms. The van der Waals surface area contributed by atoms with Crippen molar-refractivity contribution >= 4 is 22.6 Å². The summed E-state index contributed by atoms with van der Waals surface area (Å²) in [5, 5.41) is 18.3. The zero-order chi connectivity index (χ0) is 27.0. The first-order valence-electron chi connectivity index (χ1n) is 13.5. The van der Waals surface area contributed by atoms with Crippen LogP contribution in [0.4, 0.5) is 5.69 Å². The summed E-state index contributed by atoms with van der Waals surface area (Å²) in [6.45, 7) is 4.47. The molecule has 0 bridgehead atoms. The maximum atomic E-state index is 12.9. The lowest BCUT2D eigenvalue weighted by Gasteiger charge is -2.50. The van der Waals surface area contributed by atoms with E-state index in [0.717, 1.165) is 35.2 Å². The molecule has 2 unspecified atom stereocenters. The van der Waals surface area contributed by atoms with E-state index in [4.69, 9.17) is 0 Å². The molecule has 2 aliphatic rings. The van der Waals surface area contributed by atoms with Gasteiger partial charge < -0.3 is 20.1 Å². The number of likely N-dealkylation sites (N-methyl/N-ethyl adjacent to an activating group) is 1. The normalized spacial score (nSPS) is 19.8. The maximum Gasteiger partial charge on any atom is 0.251 e. The van der Waals surface area contributed by atoms with Gasteiger partial charge in [0.1, 0.15) is 11.2 Å². The molecular weight excluding hydrogens is 490 g/mol. The molecule has 200 valence electrons. The van der Waals surface area contributed by atoms with Crippen molar-refractivity contribution in [2.45, 2.75) is 50.2 Å². The highest BCUT2D eigenvalue weighted by Gasteiger charge is 2.45. The van der Waals surface area contributed by atoms with Gasteiger partial charge in [0.2, 0.25) is 0 Å². The molecule has 10 nitrogen and oxygen atoms in total. The van der Waals surface area contributed by atoms with Crippen molar-refractivity contribution in [1.82, 2.24) is 34.9 Å². The number of carbonyl (C=O) groups excluding carboxylic acids is 1. The predicted molar refractivity (Wildman–Crippen MR) is 149 cm³/mol. The van der Waals surface area contributed by atoms with Crippen LogP contribution in [0.15, 0.2) is 55.1 Å². The van der Waals surface area contributed by atoms with Gasteiger partial charge in [0.25, 0.3) is 5.91 Å². The number of fused-ring (bicyclic) bond motifs is 1. The van der Waals surface area contributed by atoms with Crippen LogP contribution in [-0.2, 0) is 5.54 Å². The van der Waals surface area contributed by atoms with E-state index in [1.165, 1.54) is 12.8 Å². The number of nitrogens with one attached hydrogen (secondary N) is 2. The highest BCUT2D eigenvalue weighted by molar-refractivity contribution is 5.94. The number of aromatic nitrogens is 5. The molecule has 5 heterocycles. The monoisotopic (exact) mass is 523 g/mol. The highest BCUT2D eigenvalue weighted by atomic mass is 16.1. The zero-order valence-corrected chi connectivity index (χ0v) is 22.3. The number of nitrogens with zero attached hydrogens (tertiary/aromatic N) is 7. The second kappa shape index (κ2) is 10.2. The van der Waals surface area contributed by atoms with E-state index in [-0.39, 0.29) is 11.9 Å². The van der Waals surface area contributed by atoms with E-state index in [1.54, 1.807) is 12.4 Å². The van der Waals surface area contributed by atoms with Gasteiger partial charge in [0.05, 0.1) is 24.3 Å². The van der Waals surface area contributed by atoms with Crippen molar-refractivity contribution in [3.8, 4) is 17.5 Å². The van der Waals surface area contributed by atoms with Crippen LogP contribution in [0.1, 0.15) is 43.0 Å². The lowest BCUT2D eigenvalue weighted by atomic mass is 9.86. The summed E-state index contributed by atoms with van der Waals surface area (Å²) in [5.74, 6) is 0.553. The maximum absolute atomic E-state index is 12.9. The zero-order valence-electron chi connectivity index (χ0n) is 22.3. The number of hydrogen-bond acceptors (Lipinski definition) is 7. The van der Waals surface area contributed by atoms with Crippen molar-refractivity contribution in [2.24, 2.45) is 0 Å². The van der Waals surface area contributed by atoms with Crippen molar-refractivity contribution in [1.29, 1.82) is 5.26 Å². The largest absolute Gasteiger partial charge is 0.366 e. The number of H-pyrrole nitrogens is 1. The molecule has 0 saturated carbocycles. The standard InChI is InChI=1S/C29H33N9O/c1-20(25-5-3-4-14-36(25)2)34-28(39)21-6-8-24(9-7-21)37-18-29(19-37,11-12-30)38-17-23(16-33-38)27-32-15-22-10-13-31-26(22)35-27/h6-10,13,15-17,20,25H,3-5,11,14,18-19H2,1-2H3,(H,34,39)(H,31,32,35). The lowest BCUT2D eigenvalue weighted by Crippen LogP contribution is -2.63. The number of nitriles is 1. The van der Waals surface area contributed by atoms with E-state index >= 15 is 0 Å². The Bertz CT molecular complexity index is 1510. The summed E-state index contributed by atoms with van der Waals surface area (Å²) >= 11 is 0. The first-order valence-corrected chi connectivity index (χ1v) is 13.5. The van der Waals surface area contributed by atoms with E-state index in [9.17, 15) is 10.1 Å². The van der Waals surface area contributed by atoms with E-state index in [0.29, 0.717) is 36.9 Å². The fraction of sp³-hybridized carbons (Fsp3) is 0.414. The number of rotatable bonds is 7. The van der Waals surface area contributed by atoms with Gasteiger partial charge in [-0.3, -0.25) is 9.48 Å². The topological polar surface area (TPSA) is 119 Å². The summed E-state index contributed by atoms with van der Waals surface area (Å²) in [5.41, 5.74) is 2.84. The minimum atomic E-state index is -0.430. The Labute approximate surface area is 227 Å². The summed E-state index contributed by atoms with van der Waals surface area (Å²) in [7, 11) is 2.14. The average Bonchev–Trinajstić information content (AvgIpc) is 3.60. The number of benzene rings is 1. The molecule has 6 rings (SSSR count). The number of piperidine rings is 1. The second-order valence-electron chi connectivity index (χ2n) is 10.9. The lowest BCUT2D eigenvalue weighted by molar-refractivity contribution is 0.0884. The summed E-state index contributed by atoms with van der Waals surface area (Å²) in [6.07, 6.45) is 11.2. The quantitative estimate of drug-likeness (QED) is 0.380. The van der Waals surface area contributed by atoms with Gasteiger partial charge in [-0.25, -0.2) is 9.97 Å². The molecule has 4 aromatic rings. The molecule has 2 aliphatic heterocycles. The molecule has 1 aromatic carbocycles. The van der Waals surface area contributed by atoms with Gasteiger partial charge in [-0.05, 0) is 63.7 Å². The van der Waals surface area contributed by atoms with Gasteiger partial charge in [0, 0.05) is 60.4 Å². The van der Waals surface area contributed by atoms with Gasteiger partial charge in [-0.1, -0.05) is 6.42 Å². The van der Waals surface area contributed by atoms with Crippen LogP contribution in [0.25, 0.3) is 22.4 Å². The van der Waals surface area contributed by atoms with Crippen molar-refractivity contribution in [2.75, 3.05) is 31.6 Å². The number of anilines is 1. The van der Waals surface area contributed by atoms with E-state index in [2.05, 4.69) is 55.2 Å². The number of likely N-dealkylation sites (tertiary alicyclic amines) is 1. The molecular formula is C29H33N9O. The minimum Gasteiger partial charge on any atom is -0.366 e. The van der Waals surface area contributed by atoms with Crippen LogP contribution in [0, 0.1) is 11.3 Å². The smallest absolute Gasteiger partial charge is 0.251 e. The Balaban J connectivity index is 1.12. The number of amides is 1. The minimum absolute atomic E-state index is 0.0423. The Morgan fingerprint density at radius 1 is 1.23 bits per heavy atom.